The van der Waals surface area contributed by atoms with Crippen molar-refractivity contribution in [1.29, 1.82) is 0 Å². The van der Waals surface area contributed by atoms with Gasteiger partial charge in [0.2, 0.25) is 5.78 Å². The summed E-state index contributed by atoms with van der Waals surface area (Å²) in [5, 5.41) is 45.4. The maximum atomic E-state index is 14.0. The van der Waals surface area contributed by atoms with Gasteiger partial charge in [-0.05, 0) is 76.0 Å². The minimum absolute atomic E-state index is 0.0362. The number of Topliss-reactive ketones (excluding diaryl/α,β-unsaturated/α-hetero) is 2. The molecule has 1 aliphatic heterocycles. The lowest BCUT2D eigenvalue weighted by Crippen LogP contribution is -2.63. The number of amides is 1. The van der Waals surface area contributed by atoms with Crippen molar-refractivity contribution in [3.63, 3.8) is 0 Å². The second kappa shape index (κ2) is 10.5. The van der Waals surface area contributed by atoms with Crippen LogP contribution in [0.5, 0.6) is 5.75 Å². The molecule has 1 fully saturated rings. The Morgan fingerprint density at radius 3 is 2.27 bits per heavy atom. The molecule has 0 saturated carbocycles. The number of likely N-dealkylation sites (N-methyl/N-ethyl adjacent to an activating group) is 1. The molecule has 4 aliphatic rings. The molecule has 0 radical (unpaired) electrons. The van der Waals surface area contributed by atoms with E-state index in [2.05, 4.69) is 4.90 Å². The number of carbonyl (C=O) groups excluding carboxylic acids is 3. The van der Waals surface area contributed by atoms with Gasteiger partial charge in [0.05, 0.1) is 11.6 Å². The SMILES string of the molecule is CN(C)c1c(CN2CCCCCC2)cc(O)c2c1C[C@H]1C[C@H]3[C@H](N(C)C)C(O)=C(C(N)=O)C(=O)[C@@]3(O)C(O)=C1C2=O. The highest BCUT2D eigenvalue weighted by Gasteiger charge is 2.63. The summed E-state index contributed by atoms with van der Waals surface area (Å²) in [6.45, 7) is 2.53. The summed E-state index contributed by atoms with van der Waals surface area (Å²) in [6.07, 6.45) is 4.93. The number of likely N-dealkylation sites (tertiary alicyclic amines) is 1. The van der Waals surface area contributed by atoms with E-state index in [1.54, 1.807) is 25.1 Å². The van der Waals surface area contributed by atoms with Crippen LogP contribution in [0.3, 0.4) is 0 Å². The number of carbonyl (C=O) groups is 3. The van der Waals surface area contributed by atoms with Gasteiger partial charge < -0.3 is 31.1 Å². The van der Waals surface area contributed by atoms with Crippen LogP contribution in [0.25, 0.3) is 0 Å². The van der Waals surface area contributed by atoms with Gasteiger partial charge in [0.1, 0.15) is 22.8 Å². The first-order chi connectivity index (χ1) is 19.3. The second-order valence-corrected chi connectivity index (χ2v) is 12.3. The van der Waals surface area contributed by atoms with E-state index in [-0.39, 0.29) is 29.7 Å². The van der Waals surface area contributed by atoms with Gasteiger partial charge in [0.15, 0.2) is 11.4 Å². The van der Waals surface area contributed by atoms with Gasteiger partial charge in [-0.25, -0.2) is 0 Å². The maximum Gasteiger partial charge on any atom is 0.255 e. The number of aliphatic hydroxyl groups excluding tert-OH is 2. The highest BCUT2D eigenvalue weighted by molar-refractivity contribution is 6.24. The Bertz CT molecular complexity index is 1370. The predicted octanol–water partition coefficient (Wildman–Crippen LogP) is 1.56. The highest BCUT2D eigenvalue weighted by atomic mass is 16.3. The van der Waals surface area contributed by atoms with Crippen molar-refractivity contribution in [2.45, 2.75) is 56.7 Å². The van der Waals surface area contributed by atoms with Crippen LogP contribution in [-0.4, -0.2) is 101 Å². The zero-order valence-electron chi connectivity index (χ0n) is 24.1. The minimum atomic E-state index is -2.64. The molecular weight excluding hydrogens is 528 g/mol. The van der Waals surface area contributed by atoms with Crippen LogP contribution < -0.4 is 10.6 Å². The molecule has 11 heteroatoms. The number of anilines is 1. The Morgan fingerprint density at radius 1 is 1.07 bits per heavy atom. The quantitative estimate of drug-likeness (QED) is 0.329. The summed E-state index contributed by atoms with van der Waals surface area (Å²) in [5.41, 5.74) is 4.22. The van der Waals surface area contributed by atoms with Crippen LogP contribution in [0.2, 0.25) is 0 Å². The second-order valence-electron chi connectivity index (χ2n) is 12.3. The van der Waals surface area contributed by atoms with Gasteiger partial charge in [-0.15, -0.1) is 0 Å². The van der Waals surface area contributed by atoms with E-state index in [1.165, 1.54) is 12.8 Å². The largest absolute Gasteiger partial charge is 0.510 e. The molecule has 41 heavy (non-hydrogen) atoms. The van der Waals surface area contributed by atoms with Crippen LogP contribution in [-0.2, 0) is 22.6 Å². The molecule has 1 amide bonds. The van der Waals surface area contributed by atoms with Gasteiger partial charge in [0, 0.05) is 37.8 Å². The van der Waals surface area contributed by atoms with Gasteiger partial charge in [-0.1, -0.05) is 12.8 Å². The highest BCUT2D eigenvalue weighted by Crippen LogP contribution is 2.53. The number of ketones is 2. The molecule has 0 spiro atoms. The summed E-state index contributed by atoms with van der Waals surface area (Å²) in [4.78, 5) is 45.5. The average molecular weight is 569 g/mol. The molecule has 3 aliphatic carbocycles. The van der Waals surface area contributed by atoms with E-state index >= 15 is 0 Å². The molecule has 222 valence electrons. The fourth-order valence-corrected chi connectivity index (χ4v) is 7.59. The number of fused-ring (bicyclic) bond motifs is 3. The van der Waals surface area contributed by atoms with Gasteiger partial charge in [-0.2, -0.15) is 0 Å². The van der Waals surface area contributed by atoms with Gasteiger partial charge in [0.25, 0.3) is 5.91 Å². The summed E-state index contributed by atoms with van der Waals surface area (Å²) in [5.74, 6) is -6.45. The number of nitrogens with two attached hydrogens (primary N) is 1. The van der Waals surface area contributed by atoms with Gasteiger partial charge in [-0.3, -0.25) is 24.2 Å². The van der Waals surface area contributed by atoms with Crippen molar-refractivity contribution in [2.75, 3.05) is 46.2 Å². The molecule has 4 atom stereocenters. The number of aliphatic hydroxyl groups is 3. The molecule has 1 aromatic rings. The normalized spacial score (nSPS) is 28.8. The van der Waals surface area contributed by atoms with E-state index < -0.39 is 58.0 Å². The van der Waals surface area contributed by atoms with Crippen molar-refractivity contribution >= 4 is 23.2 Å². The summed E-state index contributed by atoms with van der Waals surface area (Å²) in [6, 6.07) is 0.589. The molecule has 5 rings (SSSR count). The number of aromatic hydroxyl groups is 1. The number of benzene rings is 1. The van der Waals surface area contributed by atoms with Crippen molar-refractivity contribution < 1.29 is 34.8 Å². The Hall–Kier alpha value is -3.41. The maximum absolute atomic E-state index is 14.0. The molecular formula is C30H40N4O7. The number of primary amides is 1. The van der Waals surface area contributed by atoms with Gasteiger partial charge >= 0.3 is 0 Å². The summed E-state index contributed by atoms with van der Waals surface area (Å²) in [7, 11) is 7.01. The lowest BCUT2D eigenvalue weighted by Gasteiger charge is -2.50. The first-order valence-corrected chi connectivity index (χ1v) is 14.2. The van der Waals surface area contributed by atoms with Crippen LogP contribution in [0.1, 0.15) is 53.6 Å². The zero-order valence-corrected chi connectivity index (χ0v) is 24.1. The Balaban J connectivity index is 1.65. The number of hydrogen-bond acceptors (Lipinski definition) is 10. The molecule has 6 N–H and O–H groups in total. The predicted molar refractivity (Wildman–Crippen MR) is 152 cm³/mol. The van der Waals surface area contributed by atoms with E-state index in [9.17, 15) is 34.8 Å². The standard InChI is InChI=1S/C30H40N4O7/c1-32(2)23-16(14-34-9-7-5-6-8-10-34)13-19(35)21-17(23)11-15-12-18-24(33(3)4)26(37)22(29(31)40)28(39)30(18,41)27(38)20(15)25(21)36/h13,15,18,24,35,37-38,41H,5-12,14H2,1-4H3,(H2,31,40)/t15-,18-,24-,30-/m0/s1. The van der Waals surface area contributed by atoms with E-state index in [0.717, 1.165) is 37.2 Å². The van der Waals surface area contributed by atoms with Crippen molar-refractivity contribution in [3.05, 3.63) is 45.4 Å². The fraction of sp³-hybridized carbons (Fsp3) is 0.567. The monoisotopic (exact) mass is 568 g/mol. The molecule has 1 aromatic carbocycles. The van der Waals surface area contributed by atoms with E-state index in [0.29, 0.717) is 12.1 Å². The molecule has 0 aromatic heterocycles. The molecule has 1 saturated heterocycles. The number of allylic oxidation sites excluding steroid dienone is 1. The van der Waals surface area contributed by atoms with Crippen LogP contribution in [0.15, 0.2) is 28.7 Å². The Kier molecular flexibility index (Phi) is 7.42. The lowest BCUT2D eigenvalue weighted by molar-refractivity contribution is -0.148. The number of phenols is 1. The minimum Gasteiger partial charge on any atom is -0.510 e. The smallest absolute Gasteiger partial charge is 0.255 e. The zero-order chi connectivity index (χ0) is 30.0. The van der Waals surface area contributed by atoms with Crippen molar-refractivity contribution in [1.82, 2.24) is 9.80 Å². The molecule has 0 bridgehead atoms. The molecule has 1 heterocycles. The topological polar surface area (TPSA) is 168 Å². The van der Waals surface area contributed by atoms with Crippen LogP contribution >= 0.6 is 0 Å². The van der Waals surface area contributed by atoms with E-state index in [4.69, 9.17) is 5.73 Å². The lowest BCUT2D eigenvalue weighted by atomic mass is 9.58. The summed E-state index contributed by atoms with van der Waals surface area (Å²) >= 11 is 0. The first kappa shape index (κ1) is 29.1. The average Bonchev–Trinajstić information content (AvgIpc) is 3.14. The van der Waals surface area contributed by atoms with Crippen LogP contribution in [0.4, 0.5) is 5.69 Å². The number of nitrogens with zero attached hydrogens (tertiary/aromatic N) is 3. The van der Waals surface area contributed by atoms with E-state index in [1.807, 2.05) is 19.0 Å². The van der Waals surface area contributed by atoms with Crippen LogP contribution in [0, 0.1) is 11.8 Å². The Morgan fingerprint density at radius 2 is 1.71 bits per heavy atom. The number of hydrogen-bond donors (Lipinski definition) is 5. The fourth-order valence-electron chi connectivity index (χ4n) is 7.59. The number of phenolic OH excluding ortho intramolecular Hbond substituents is 1. The number of rotatable bonds is 5. The molecule has 11 nitrogen and oxygen atoms in total. The Labute approximate surface area is 239 Å². The third-order valence-electron chi connectivity index (χ3n) is 9.31. The summed E-state index contributed by atoms with van der Waals surface area (Å²) < 4.78 is 0. The molecule has 0 unspecified atom stereocenters. The van der Waals surface area contributed by atoms with Crippen molar-refractivity contribution in [2.24, 2.45) is 17.6 Å². The third kappa shape index (κ3) is 4.41. The first-order valence-electron chi connectivity index (χ1n) is 14.2. The third-order valence-corrected chi connectivity index (χ3v) is 9.31. The van der Waals surface area contributed by atoms with Crippen molar-refractivity contribution in [3.8, 4) is 5.75 Å².